The Morgan fingerprint density at radius 1 is 1.12 bits per heavy atom. The van der Waals surface area contributed by atoms with Gasteiger partial charge in [0.2, 0.25) is 5.78 Å². The van der Waals surface area contributed by atoms with Crippen molar-refractivity contribution in [3.63, 3.8) is 0 Å². The highest BCUT2D eigenvalue weighted by Crippen LogP contribution is 2.48. The molecule has 25 heavy (non-hydrogen) atoms. The van der Waals surface area contributed by atoms with E-state index < -0.39 is 11.4 Å². The zero-order valence-electron chi connectivity index (χ0n) is 14.3. The minimum absolute atomic E-state index is 0.240. The Morgan fingerprint density at radius 3 is 2.60 bits per heavy atom. The van der Waals surface area contributed by atoms with Gasteiger partial charge >= 0.3 is 0 Å². The minimum Gasteiger partial charge on any atom is -0.463 e. The normalized spacial score (nSPS) is 19.0. The van der Waals surface area contributed by atoms with Gasteiger partial charge in [-0.3, -0.25) is 9.59 Å². The Bertz CT molecular complexity index is 1060. The second kappa shape index (κ2) is 5.14. The van der Waals surface area contributed by atoms with Crippen molar-refractivity contribution in [3.05, 3.63) is 58.8 Å². The topological polar surface area (TPSA) is 67.5 Å². The molecule has 4 rings (SSSR count). The lowest BCUT2D eigenvalue weighted by molar-refractivity contribution is -0.120. The molecule has 0 fully saturated rings. The average Bonchev–Trinajstić information content (AvgIpc) is 2.93. The monoisotopic (exact) mass is 334 g/mol. The molecule has 1 atom stereocenters. The molecule has 1 N–H and O–H groups in total. The zero-order valence-corrected chi connectivity index (χ0v) is 14.3. The van der Waals surface area contributed by atoms with Crippen molar-refractivity contribution in [2.45, 2.75) is 32.8 Å². The molecule has 3 aromatic rings. The fourth-order valence-corrected chi connectivity index (χ4v) is 3.92. The fourth-order valence-electron chi connectivity index (χ4n) is 3.92. The van der Waals surface area contributed by atoms with Crippen molar-refractivity contribution >= 4 is 22.3 Å². The summed E-state index contributed by atoms with van der Waals surface area (Å²) < 4.78 is 5.64. The SMILES string of the molecule is CC(=O)C[C@@]1(O)C(=O)c2c(C)coc2-c2ccc3c(C)cccc3c21. The van der Waals surface area contributed by atoms with Crippen LogP contribution in [-0.4, -0.2) is 16.7 Å². The van der Waals surface area contributed by atoms with E-state index in [1.54, 1.807) is 6.92 Å². The van der Waals surface area contributed by atoms with Crippen molar-refractivity contribution in [2.24, 2.45) is 0 Å². The van der Waals surface area contributed by atoms with Crippen molar-refractivity contribution < 1.29 is 19.1 Å². The predicted octanol–water partition coefficient (Wildman–Crippen LogP) is 4.08. The maximum absolute atomic E-state index is 13.2. The highest BCUT2D eigenvalue weighted by Gasteiger charge is 2.48. The predicted molar refractivity (Wildman–Crippen MR) is 94.6 cm³/mol. The van der Waals surface area contributed by atoms with E-state index in [9.17, 15) is 14.7 Å². The summed E-state index contributed by atoms with van der Waals surface area (Å²) in [5.74, 6) is -0.240. The largest absolute Gasteiger partial charge is 0.463 e. The van der Waals surface area contributed by atoms with Gasteiger partial charge < -0.3 is 9.52 Å². The molecule has 0 radical (unpaired) electrons. The van der Waals surface area contributed by atoms with Gasteiger partial charge in [-0.15, -0.1) is 0 Å². The van der Waals surface area contributed by atoms with Gasteiger partial charge in [0.1, 0.15) is 11.5 Å². The van der Waals surface area contributed by atoms with E-state index in [0.717, 1.165) is 16.3 Å². The second-order valence-corrected chi connectivity index (χ2v) is 6.85. The van der Waals surface area contributed by atoms with Gasteiger partial charge in [-0.25, -0.2) is 0 Å². The molecule has 0 aliphatic heterocycles. The average molecular weight is 334 g/mol. The van der Waals surface area contributed by atoms with Crippen LogP contribution in [0.1, 0.15) is 40.4 Å². The van der Waals surface area contributed by atoms with E-state index in [4.69, 9.17) is 4.42 Å². The van der Waals surface area contributed by atoms with Crippen molar-refractivity contribution in [2.75, 3.05) is 0 Å². The molecule has 1 aliphatic rings. The van der Waals surface area contributed by atoms with E-state index in [2.05, 4.69) is 0 Å². The van der Waals surface area contributed by atoms with E-state index in [-0.39, 0.29) is 12.2 Å². The molecule has 126 valence electrons. The molecule has 0 amide bonds. The summed E-state index contributed by atoms with van der Waals surface area (Å²) in [6.07, 6.45) is 1.27. The first-order valence-electron chi connectivity index (χ1n) is 8.22. The van der Waals surface area contributed by atoms with Gasteiger partial charge in [0.15, 0.2) is 5.60 Å². The Balaban J connectivity index is 2.18. The summed E-state index contributed by atoms with van der Waals surface area (Å²) in [6.45, 7) is 5.13. The highest BCUT2D eigenvalue weighted by atomic mass is 16.3. The molecular formula is C21H18O4. The highest BCUT2D eigenvalue weighted by molar-refractivity contribution is 6.16. The number of ketones is 2. The van der Waals surface area contributed by atoms with Crippen LogP contribution in [0.5, 0.6) is 0 Å². The standard InChI is InChI=1S/C21H18O4/c1-11-5-4-6-15-14(11)7-8-16-18(15)21(24,9-13(3)22)20(23)17-12(2)10-25-19(16)17/h4-8,10,24H,9H2,1-3H3/t21-/m0/s1. The number of hydrogen-bond donors (Lipinski definition) is 1. The number of aryl methyl sites for hydroxylation is 2. The third-order valence-corrected chi connectivity index (χ3v) is 5.02. The molecule has 2 aromatic carbocycles. The molecule has 1 aliphatic carbocycles. The molecule has 1 aromatic heterocycles. The van der Waals surface area contributed by atoms with Gasteiger partial charge in [0.05, 0.1) is 11.8 Å². The number of aliphatic hydroxyl groups is 1. The summed E-state index contributed by atoms with van der Waals surface area (Å²) in [7, 11) is 0. The van der Waals surface area contributed by atoms with Gasteiger partial charge in [-0.05, 0) is 42.7 Å². The number of carbonyl (C=O) groups excluding carboxylic acids is 2. The van der Waals surface area contributed by atoms with E-state index >= 15 is 0 Å². The Morgan fingerprint density at radius 2 is 1.88 bits per heavy atom. The van der Waals surface area contributed by atoms with Gasteiger partial charge in [-0.1, -0.05) is 30.3 Å². The molecule has 0 saturated heterocycles. The number of furan rings is 1. The molecular weight excluding hydrogens is 316 g/mol. The number of hydrogen-bond acceptors (Lipinski definition) is 4. The smallest absolute Gasteiger partial charge is 0.203 e. The van der Waals surface area contributed by atoms with Crippen LogP contribution in [-0.2, 0) is 10.4 Å². The molecule has 0 unspecified atom stereocenters. The second-order valence-electron chi connectivity index (χ2n) is 6.85. The van der Waals surface area contributed by atoms with Crippen molar-refractivity contribution in [1.29, 1.82) is 0 Å². The van der Waals surface area contributed by atoms with Crippen LogP contribution in [0.25, 0.3) is 22.1 Å². The van der Waals surface area contributed by atoms with E-state index in [1.807, 2.05) is 37.3 Å². The summed E-state index contributed by atoms with van der Waals surface area (Å²) >= 11 is 0. The molecule has 4 nitrogen and oxygen atoms in total. The van der Waals surface area contributed by atoms with Crippen LogP contribution < -0.4 is 0 Å². The van der Waals surface area contributed by atoms with Crippen LogP contribution in [0.15, 0.2) is 41.0 Å². The van der Waals surface area contributed by atoms with Crippen molar-refractivity contribution in [1.82, 2.24) is 0 Å². The van der Waals surface area contributed by atoms with Gasteiger partial charge in [0, 0.05) is 17.5 Å². The fraction of sp³-hybridized carbons (Fsp3) is 0.238. The van der Waals surface area contributed by atoms with E-state index in [1.165, 1.54) is 13.2 Å². The van der Waals surface area contributed by atoms with Crippen LogP contribution in [0, 0.1) is 13.8 Å². The summed E-state index contributed by atoms with van der Waals surface area (Å²) in [6, 6.07) is 9.57. The number of benzene rings is 2. The van der Waals surface area contributed by atoms with Crippen LogP contribution in [0.3, 0.4) is 0 Å². The lowest BCUT2D eigenvalue weighted by Gasteiger charge is -2.33. The van der Waals surface area contributed by atoms with Crippen LogP contribution >= 0.6 is 0 Å². The lowest BCUT2D eigenvalue weighted by atomic mass is 9.72. The lowest BCUT2D eigenvalue weighted by Crippen LogP contribution is -2.41. The van der Waals surface area contributed by atoms with E-state index in [0.29, 0.717) is 28.0 Å². The maximum Gasteiger partial charge on any atom is 0.203 e. The number of Topliss-reactive ketones (excluding diaryl/α,β-unsaturated/α-hetero) is 2. The van der Waals surface area contributed by atoms with Crippen LogP contribution in [0.2, 0.25) is 0 Å². The third-order valence-electron chi connectivity index (χ3n) is 5.02. The minimum atomic E-state index is -1.88. The van der Waals surface area contributed by atoms with Crippen LogP contribution in [0.4, 0.5) is 0 Å². The third kappa shape index (κ3) is 2.04. The number of rotatable bonds is 2. The number of fused-ring (bicyclic) bond motifs is 5. The Hall–Kier alpha value is -2.72. The Labute approximate surface area is 145 Å². The molecule has 0 spiro atoms. The van der Waals surface area contributed by atoms with Gasteiger partial charge in [0.25, 0.3) is 0 Å². The molecule has 0 bridgehead atoms. The van der Waals surface area contributed by atoms with Crippen molar-refractivity contribution in [3.8, 4) is 11.3 Å². The molecule has 1 heterocycles. The summed E-state index contributed by atoms with van der Waals surface area (Å²) in [5, 5.41) is 13.1. The Kier molecular flexibility index (Phi) is 3.24. The maximum atomic E-state index is 13.2. The summed E-state index contributed by atoms with van der Waals surface area (Å²) in [4.78, 5) is 25.1. The van der Waals surface area contributed by atoms with Gasteiger partial charge in [-0.2, -0.15) is 0 Å². The number of carbonyl (C=O) groups is 2. The quantitative estimate of drug-likeness (QED) is 0.767. The first-order valence-corrected chi connectivity index (χ1v) is 8.22. The first-order chi connectivity index (χ1) is 11.8. The first kappa shape index (κ1) is 15.8. The zero-order chi connectivity index (χ0) is 17.9. The summed E-state index contributed by atoms with van der Waals surface area (Å²) in [5.41, 5.74) is 1.33. The molecule has 0 saturated carbocycles. The molecule has 4 heteroatoms.